The van der Waals surface area contributed by atoms with E-state index in [1.165, 1.54) is 12.5 Å². The Labute approximate surface area is 267 Å². The van der Waals surface area contributed by atoms with Crippen molar-refractivity contribution in [2.24, 2.45) is 0 Å². The lowest BCUT2D eigenvalue weighted by atomic mass is 9.99. The van der Waals surface area contributed by atoms with Crippen LogP contribution < -0.4 is 20.3 Å². The van der Waals surface area contributed by atoms with E-state index in [0.717, 1.165) is 43.5 Å². The third kappa shape index (κ3) is 7.56. The molecule has 3 N–H and O–H groups in total. The zero-order valence-electron chi connectivity index (χ0n) is 26.3. The second-order valence-electron chi connectivity index (χ2n) is 12.3. The van der Waals surface area contributed by atoms with Gasteiger partial charge in [0.05, 0.1) is 17.8 Å². The summed E-state index contributed by atoms with van der Waals surface area (Å²) in [5.41, 5.74) is 2.76. The van der Waals surface area contributed by atoms with Crippen LogP contribution in [0.1, 0.15) is 59.3 Å². The Balaban J connectivity index is 1.03. The molecule has 14 heteroatoms. The summed E-state index contributed by atoms with van der Waals surface area (Å²) in [5, 5.41) is 17.0. The number of rotatable bonds is 11. The Morgan fingerprint density at radius 1 is 1.13 bits per heavy atom. The third-order valence-corrected chi connectivity index (χ3v) is 8.78. The Bertz CT molecular complexity index is 1560. The highest BCUT2D eigenvalue weighted by Gasteiger charge is 2.29. The molecular weight excluding hydrogens is 595 g/mol. The van der Waals surface area contributed by atoms with E-state index in [-0.39, 0.29) is 36.5 Å². The number of aliphatic hydroxyl groups excluding tert-OH is 1. The molecule has 3 aromatic rings. The predicted molar refractivity (Wildman–Crippen MR) is 167 cm³/mol. The number of carbonyl (C=O) groups is 2. The van der Waals surface area contributed by atoms with Crippen molar-refractivity contribution in [3.63, 3.8) is 0 Å². The van der Waals surface area contributed by atoms with Crippen molar-refractivity contribution < 1.29 is 28.2 Å². The number of hydrogen-bond acceptors (Lipinski definition) is 11. The van der Waals surface area contributed by atoms with Crippen LogP contribution in [0.4, 0.5) is 16.2 Å². The lowest BCUT2D eigenvalue weighted by molar-refractivity contribution is -0.132. The van der Waals surface area contributed by atoms with Gasteiger partial charge in [0, 0.05) is 65.3 Å². The molecule has 1 atom stereocenters. The number of nitrogens with zero attached hydrogens (tertiary/aromatic N) is 6. The molecule has 0 saturated carbocycles. The van der Waals surface area contributed by atoms with Crippen LogP contribution in [0.2, 0.25) is 0 Å². The summed E-state index contributed by atoms with van der Waals surface area (Å²) in [7, 11) is 0. The number of halogens is 1. The molecular formula is C32H41FN8O5. The molecule has 2 amide bonds. The highest BCUT2D eigenvalue weighted by Crippen LogP contribution is 2.28. The fourth-order valence-corrected chi connectivity index (χ4v) is 6.05. The van der Waals surface area contributed by atoms with E-state index in [2.05, 4.69) is 30.5 Å². The Morgan fingerprint density at radius 2 is 1.93 bits per heavy atom. The second-order valence-corrected chi connectivity index (χ2v) is 12.3. The van der Waals surface area contributed by atoms with Gasteiger partial charge in [-0.2, -0.15) is 4.98 Å². The number of aromatic nitrogens is 3. The van der Waals surface area contributed by atoms with Gasteiger partial charge in [-0.05, 0) is 55.9 Å². The summed E-state index contributed by atoms with van der Waals surface area (Å²) in [6, 6.07) is 4.89. The van der Waals surface area contributed by atoms with Crippen molar-refractivity contribution in [3.8, 4) is 5.75 Å². The minimum absolute atomic E-state index is 0.0308. The molecule has 1 aromatic carbocycles. The molecule has 2 aromatic heterocycles. The van der Waals surface area contributed by atoms with E-state index in [9.17, 15) is 19.1 Å². The van der Waals surface area contributed by atoms with E-state index < -0.39 is 17.8 Å². The second kappa shape index (κ2) is 14.0. The van der Waals surface area contributed by atoms with E-state index >= 15 is 0 Å². The van der Waals surface area contributed by atoms with Gasteiger partial charge < -0.3 is 34.7 Å². The number of hydrogen-bond donors (Lipinski definition) is 3. The average Bonchev–Trinajstić information content (AvgIpc) is 3.44. The van der Waals surface area contributed by atoms with Crippen molar-refractivity contribution in [3.05, 3.63) is 58.7 Å². The van der Waals surface area contributed by atoms with Crippen molar-refractivity contribution in [2.75, 3.05) is 56.0 Å². The number of benzene rings is 1. The Kier molecular flexibility index (Phi) is 9.64. The standard InChI is InChI=1S/C32H41FN8O5/c1-20-29(46-19-35-20)18-45-28-11-22-6-9-39(14-23(22)10-26(28)33)17-25(43)13-34-31(44)27-12-30(36-24-15-41(16-24)21(2)42)38-32(37-27)40-7-4-3-5-8-40/h10-12,19,24-25,43H,3-9,13-18H2,1-2H3,(H,34,44)(H,36,37,38). The van der Waals surface area contributed by atoms with Gasteiger partial charge in [-0.25, -0.2) is 14.4 Å². The van der Waals surface area contributed by atoms with Gasteiger partial charge >= 0.3 is 0 Å². The maximum absolute atomic E-state index is 14.9. The van der Waals surface area contributed by atoms with Gasteiger partial charge in [0.1, 0.15) is 18.1 Å². The van der Waals surface area contributed by atoms with Crippen LogP contribution in [-0.2, 0) is 24.4 Å². The monoisotopic (exact) mass is 636 g/mol. The number of carbonyl (C=O) groups excluding carboxylic acids is 2. The predicted octanol–water partition coefficient (Wildman–Crippen LogP) is 2.27. The number of fused-ring (bicyclic) bond motifs is 1. The lowest BCUT2D eigenvalue weighted by Gasteiger charge is -2.39. The summed E-state index contributed by atoms with van der Waals surface area (Å²) >= 11 is 0. The van der Waals surface area contributed by atoms with Crippen LogP contribution in [0.25, 0.3) is 0 Å². The number of aliphatic hydroxyl groups is 1. The first-order chi connectivity index (χ1) is 22.2. The van der Waals surface area contributed by atoms with Crippen LogP contribution in [0, 0.1) is 12.7 Å². The maximum Gasteiger partial charge on any atom is 0.270 e. The summed E-state index contributed by atoms with van der Waals surface area (Å²) in [4.78, 5) is 44.0. The first-order valence-electron chi connectivity index (χ1n) is 15.9. The molecule has 6 rings (SSSR count). The van der Waals surface area contributed by atoms with Crippen molar-refractivity contribution in [2.45, 2.75) is 64.8 Å². The highest BCUT2D eigenvalue weighted by atomic mass is 19.1. The number of likely N-dealkylation sites (tertiary alicyclic amines) is 1. The molecule has 0 bridgehead atoms. The molecule has 0 spiro atoms. The third-order valence-electron chi connectivity index (χ3n) is 8.78. The number of β-amino-alcohol motifs (C(OH)–C–C–N with tert-alkyl or cyclic N) is 1. The normalized spacial score (nSPS) is 17.7. The fourth-order valence-electron chi connectivity index (χ4n) is 6.05. The van der Waals surface area contributed by atoms with E-state index in [4.69, 9.17) is 9.15 Å². The summed E-state index contributed by atoms with van der Waals surface area (Å²) in [6.07, 6.45) is 4.40. The number of anilines is 2. The molecule has 0 aliphatic carbocycles. The van der Waals surface area contributed by atoms with Crippen LogP contribution >= 0.6 is 0 Å². The van der Waals surface area contributed by atoms with Gasteiger partial charge in [-0.15, -0.1) is 0 Å². The zero-order chi connectivity index (χ0) is 32.2. The topological polar surface area (TPSA) is 149 Å². The number of oxazole rings is 1. The first kappa shape index (κ1) is 31.7. The minimum atomic E-state index is -0.836. The largest absolute Gasteiger partial charge is 0.482 e. The van der Waals surface area contributed by atoms with Crippen molar-refractivity contribution in [1.82, 2.24) is 30.1 Å². The van der Waals surface area contributed by atoms with Gasteiger partial charge in [-0.3, -0.25) is 14.5 Å². The molecule has 3 aliphatic rings. The minimum Gasteiger partial charge on any atom is -0.482 e. The molecule has 2 saturated heterocycles. The maximum atomic E-state index is 14.9. The molecule has 1 unspecified atom stereocenters. The molecule has 3 aliphatic heterocycles. The van der Waals surface area contributed by atoms with Gasteiger partial charge in [0.25, 0.3) is 5.91 Å². The number of amides is 2. The molecule has 46 heavy (non-hydrogen) atoms. The highest BCUT2D eigenvalue weighted by molar-refractivity contribution is 5.93. The summed E-state index contributed by atoms with van der Waals surface area (Å²) in [5.74, 6) is 0.933. The number of nitrogens with one attached hydrogen (secondary N) is 2. The molecule has 0 radical (unpaired) electrons. The molecule has 5 heterocycles. The lowest BCUT2D eigenvalue weighted by Crippen LogP contribution is -2.56. The summed E-state index contributed by atoms with van der Waals surface area (Å²) < 4.78 is 25.8. The average molecular weight is 637 g/mol. The first-order valence-corrected chi connectivity index (χ1v) is 15.9. The SMILES string of the molecule is CC(=O)N1CC(Nc2cc(C(=O)NCC(O)CN3CCc4cc(OCc5ocnc5C)c(F)cc4C3)nc(N3CCCCC3)n2)C1. The summed E-state index contributed by atoms with van der Waals surface area (Å²) in [6.45, 7) is 7.75. The molecule has 2 fully saturated rings. The fraction of sp³-hybridized carbons (Fsp3) is 0.531. The van der Waals surface area contributed by atoms with Gasteiger partial charge in [0.2, 0.25) is 11.9 Å². The van der Waals surface area contributed by atoms with E-state index in [1.54, 1.807) is 30.9 Å². The number of ether oxygens (including phenoxy) is 1. The molecule has 246 valence electrons. The van der Waals surface area contributed by atoms with Crippen molar-refractivity contribution in [1.29, 1.82) is 0 Å². The number of piperidine rings is 1. The van der Waals surface area contributed by atoms with Crippen LogP contribution in [-0.4, -0.2) is 99.6 Å². The Hall–Kier alpha value is -4.30. The van der Waals surface area contributed by atoms with Crippen molar-refractivity contribution >= 4 is 23.6 Å². The Morgan fingerprint density at radius 3 is 2.67 bits per heavy atom. The number of aryl methyl sites for hydroxylation is 1. The van der Waals surface area contributed by atoms with E-state index in [1.807, 2.05) is 4.90 Å². The van der Waals surface area contributed by atoms with Gasteiger partial charge in [0.15, 0.2) is 23.7 Å². The van der Waals surface area contributed by atoms with Crippen LogP contribution in [0.5, 0.6) is 5.75 Å². The zero-order valence-corrected chi connectivity index (χ0v) is 26.3. The van der Waals surface area contributed by atoms with E-state index in [0.29, 0.717) is 62.4 Å². The van der Waals surface area contributed by atoms with Gasteiger partial charge in [-0.1, -0.05) is 0 Å². The van der Waals surface area contributed by atoms with Crippen LogP contribution in [0.15, 0.2) is 29.0 Å². The molecule has 13 nitrogen and oxygen atoms in total. The van der Waals surface area contributed by atoms with Crippen LogP contribution in [0.3, 0.4) is 0 Å². The smallest absolute Gasteiger partial charge is 0.270 e. The quantitative estimate of drug-likeness (QED) is 0.285.